The first-order chi connectivity index (χ1) is 12.8. The quantitative estimate of drug-likeness (QED) is 0.474. The molecule has 2 aromatic carbocycles. The summed E-state index contributed by atoms with van der Waals surface area (Å²) in [4.78, 5) is 13.7. The number of unbranched alkanes of at least 4 members (excludes halogenated alkanes) is 1. The summed E-state index contributed by atoms with van der Waals surface area (Å²) >= 11 is 1.63. The van der Waals surface area contributed by atoms with Crippen molar-refractivity contribution in [2.75, 3.05) is 11.9 Å². The highest BCUT2D eigenvalue weighted by atomic mass is 32.2. The van der Waals surface area contributed by atoms with Crippen LogP contribution in [0, 0.1) is 0 Å². The number of amides is 1. The SMILES string of the molecule is CCCCNS(=O)(=O)c1ccc(NC(=O)c2ccccc2SC(C)C)cc1. The van der Waals surface area contributed by atoms with Crippen molar-refractivity contribution in [2.45, 2.75) is 48.7 Å². The van der Waals surface area contributed by atoms with Gasteiger partial charge in [-0.2, -0.15) is 0 Å². The molecule has 2 aromatic rings. The average Bonchev–Trinajstić information content (AvgIpc) is 2.62. The molecule has 0 fully saturated rings. The first kappa shape index (κ1) is 21.5. The zero-order valence-electron chi connectivity index (χ0n) is 15.9. The predicted octanol–water partition coefficient (Wildman–Crippen LogP) is 4.52. The molecule has 0 radical (unpaired) electrons. The van der Waals surface area contributed by atoms with Gasteiger partial charge in [0.2, 0.25) is 10.0 Å². The molecular weight excluding hydrogens is 380 g/mol. The third-order valence-corrected chi connectivity index (χ3v) is 6.30. The fourth-order valence-corrected chi connectivity index (χ4v) is 4.42. The van der Waals surface area contributed by atoms with Crippen molar-refractivity contribution >= 4 is 33.4 Å². The smallest absolute Gasteiger partial charge is 0.256 e. The number of anilines is 1. The van der Waals surface area contributed by atoms with Gasteiger partial charge in [0.1, 0.15) is 0 Å². The van der Waals surface area contributed by atoms with Crippen LogP contribution < -0.4 is 10.0 Å². The lowest BCUT2D eigenvalue weighted by atomic mass is 10.2. The average molecular weight is 407 g/mol. The van der Waals surface area contributed by atoms with E-state index in [1.165, 1.54) is 12.1 Å². The number of carbonyl (C=O) groups is 1. The van der Waals surface area contributed by atoms with E-state index in [1.807, 2.05) is 25.1 Å². The fourth-order valence-electron chi connectivity index (χ4n) is 2.39. The van der Waals surface area contributed by atoms with Crippen LogP contribution in [-0.4, -0.2) is 26.1 Å². The third-order valence-electron chi connectivity index (χ3n) is 3.74. The summed E-state index contributed by atoms with van der Waals surface area (Å²) in [6.07, 6.45) is 1.71. The minimum Gasteiger partial charge on any atom is -0.322 e. The summed E-state index contributed by atoms with van der Waals surface area (Å²) < 4.78 is 27.0. The predicted molar refractivity (Wildman–Crippen MR) is 112 cm³/mol. The molecule has 146 valence electrons. The number of rotatable bonds is 9. The molecule has 1 amide bonds. The van der Waals surface area contributed by atoms with Gasteiger partial charge in [-0.15, -0.1) is 11.8 Å². The monoisotopic (exact) mass is 406 g/mol. The largest absolute Gasteiger partial charge is 0.322 e. The van der Waals surface area contributed by atoms with Crippen LogP contribution in [0.15, 0.2) is 58.3 Å². The molecule has 0 aliphatic carbocycles. The standard InChI is InChI=1S/C20H26N2O3S2/c1-4-5-14-21-27(24,25)17-12-10-16(11-13-17)22-20(23)18-8-6-7-9-19(18)26-15(2)3/h6-13,15,21H,4-5,14H2,1-3H3,(H,22,23). The molecule has 0 bridgehead atoms. The van der Waals surface area contributed by atoms with Crippen LogP contribution in [0.5, 0.6) is 0 Å². The van der Waals surface area contributed by atoms with Gasteiger partial charge >= 0.3 is 0 Å². The molecule has 7 heteroatoms. The van der Waals surface area contributed by atoms with Crippen LogP contribution in [0.25, 0.3) is 0 Å². The molecule has 0 heterocycles. The van der Waals surface area contributed by atoms with E-state index in [4.69, 9.17) is 0 Å². The van der Waals surface area contributed by atoms with Gasteiger partial charge in [0.15, 0.2) is 0 Å². The summed E-state index contributed by atoms with van der Waals surface area (Å²) in [6.45, 7) is 6.57. The number of nitrogens with one attached hydrogen (secondary N) is 2. The number of hydrogen-bond acceptors (Lipinski definition) is 4. The molecule has 0 spiro atoms. The maximum atomic E-state index is 12.6. The van der Waals surface area contributed by atoms with Crippen molar-refractivity contribution < 1.29 is 13.2 Å². The zero-order chi connectivity index (χ0) is 19.9. The van der Waals surface area contributed by atoms with Gasteiger partial charge in [0.25, 0.3) is 5.91 Å². The molecule has 0 atom stereocenters. The second kappa shape index (κ2) is 9.92. The van der Waals surface area contributed by atoms with Crippen molar-refractivity contribution in [2.24, 2.45) is 0 Å². The van der Waals surface area contributed by atoms with Crippen LogP contribution >= 0.6 is 11.8 Å². The molecule has 2 rings (SSSR count). The van der Waals surface area contributed by atoms with Crippen molar-refractivity contribution in [1.82, 2.24) is 4.72 Å². The first-order valence-corrected chi connectivity index (χ1v) is 11.4. The summed E-state index contributed by atoms with van der Waals surface area (Å²) in [5, 5.41) is 3.20. The van der Waals surface area contributed by atoms with Crippen LogP contribution in [0.1, 0.15) is 44.0 Å². The fraction of sp³-hybridized carbons (Fsp3) is 0.350. The molecule has 0 aromatic heterocycles. The van der Waals surface area contributed by atoms with Gasteiger partial charge in [-0.3, -0.25) is 4.79 Å². The molecule has 0 saturated heterocycles. The minimum atomic E-state index is -3.52. The summed E-state index contributed by atoms with van der Waals surface area (Å²) in [5.41, 5.74) is 1.16. The van der Waals surface area contributed by atoms with Gasteiger partial charge < -0.3 is 5.32 Å². The Labute approximate surface area is 166 Å². The molecule has 0 unspecified atom stereocenters. The zero-order valence-corrected chi connectivity index (χ0v) is 17.5. The summed E-state index contributed by atoms with van der Waals surface area (Å²) in [7, 11) is -3.52. The lowest BCUT2D eigenvalue weighted by molar-refractivity contribution is 0.102. The Morgan fingerprint density at radius 1 is 1.07 bits per heavy atom. The van der Waals surface area contributed by atoms with Crippen LogP contribution in [0.3, 0.4) is 0 Å². The highest BCUT2D eigenvalue weighted by Crippen LogP contribution is 2.27. The van der Waals surface area contributed by atoms with E-state index < -0.39 is 10.0 Å². The summed E-state index contributed by atoms with van der Waals surface area (Å²) in [5.74, 6) is -0.213. The van der Waals surface area contributed by atoms with E-state index in [2.05, 4.69) is 23.9 Å². The third kappa shape index (κ3) is 6.37. The van der Waals surface area contributed by atoms with E-state index in [0.717, 1.165) is 17.7 Å². The Bertz CT molecular complexity index is 863. The Morgan fingerprint density at radius 2 is 1.74 bits per heavy atom. The van der Waals surface area contributed by atoms with Crippen molar-refractivity contribution in [3.8, 4) is 0 Å². The highest BCUT2D eigenvalue weighted by molar-refractivity contribution is 8.00. The van der Waals surface area contributed by atoms with Gasteiger partial charge in [-0.1, -0.05) is 39.3 Å². The second-order valence-corrected chi connectivity index (χ2v) is 9.78. The maximum absolute atomic E-state index is 12.6. The minimum absolute atomic E-state index is 0.187. The number of carbonyl (C=O) groups excluding carboxylic acids is 1. The molecular formula is C20H26N2O3S2. The Kier molecular flexibility index (Phi) is 7.89. The lowest BCUT2D eigenvalue weighted by Gasteiger charge is -2.12. The number of hydrogen-bond donors (Lipinski definition) is 2. The van der Waals surface area contributed by atoms with Crippen LogP contribution in [0.4, 0.5) is 5.69 Å². The molecule has 0 aliphatic heterocycles. The topological polar surface area (TPSA) is 75.3 Å². The van der Waals surface area contributed by atoms with E-state index in [0.29, 0.717) is 23.0 Å². The van der Waals surface area contributed by atoms with Gasteiger partial charge in [-0.05, 0) is 42.8 Å². The van der Waals surface area contributed by atoms with E-state index in [1.54, 1.807) is 30.0 Å². The Balaban J connectivity index is 2.10. The van der Waals surface area contributed by atoms with E-state index >= 15 is 0 Å². The van der Waals surface area contributed by atoms with Crippen molar-refractivity contribution in [3.63, 3.8) is 0 Å². The molecule has 2 N–H and O–H groups in total. The highest BCUT2D eigenvalue weighted by Gasteiger charge is 2.15. The van der Waals surface area contributed by atoms with Crippen molar-refractivity contribution in [3.05, 3.63) is 54.1 Å². The van der Waals surface area contributed by atoms with E-state index in [9.17, 15) is 13.2 Å². The first-order valence-electron chi connectivity index (χ1n) is 9.00. The lowest BCUT2D eigenvalue weighted by Crippen LogP contribution is -2.24. The number of benzene rings is 2. The Hall–Kier alpha value is -1.83. The van der Waals surface area contributed by atoms with Crippen LogP contribution in [0.2, 0.25) is 0 Å². The number of thioether (sulfide) groups is 1. The summed E-state index contributed by atoms with van der Waals surface area (Å²) in [6, 6.07) is 13.7. The molecule has 27 heavy (non-hydrogen) atoms. The molecule has 5 nitrogen and oxygen atoms in total. The second-order valence-electron chi connectivity index (χ2n) is 6.39. The van der Waals surface area contributed by atoms with Gasteiger partial charge in [-0.25, -0.2) is 13.1 Å². The molecule has 0 aliphatic rings. The van der Waals surface area contributed by atoms with Gasteiger partial charge in [0, 0.05) is 22.4 Å². The van der Waals surface area contributed by atoms with Crippen LogP contribution in [-0.2, 0) is 10.0 Å². The Morgan fingerprint density at radius 3 is 2.37 bits per heavy atom. The normalized spacial score (nSPS) is 11.6. The van der Waals surface area contributed by atoms with E-state index in [-0.39, 0.29) is 10.8 Å². The maximum Gasteiger partial charge on any atom is 0.256 e. The van der Waals surface area contributed by atoms with Gasteiger partial charge in [0.05, 0.1) is 10.5 Å². The molecule has 0 saturated carbocycles. The van der Waals surface area contributed by atoms with Crippen molar-refractivity contribution in [1.29, 1.82) is 0 Å². The number of sulfonamides is 1.